The van der Waals surface area contributed by atoms with Crippen LogP contribution in [0.2, 0.25) is 0 Å². The van der Waals surface area contributed by atoms with Crippen LogP contribution in [0.25, 0.3) is 0 Å². The molecule has 0 aliphatic rings. The van der Waals surface area contributed by atoms with Crippen LogP contribution in [0.5, 0.6) is 0 Å². The van der Waals surface area contributed by atoms with Gasteiger partial charge in [0.15, 0.2) is 0 Å². The zero-order chi connectivity index (χ0) is 14.3. The molecule has 1 rings (SSSR count). The number of esters is 1. The highest BCUT2D eigenvalue weighted by atomic mass is 16.6. The predicted molar refractivity (Wildman–Crippen MR) is 62.7 cm³/mol. The van der Waals surface area contributed by atoms with E-state index in [2.05, 4.69) is 4.74 Å². The quantitative estimate of drug-likeness (QED) is 0.503. The third-order valence-corrected chi connectivity index (χ3v) is 1.85. The average Bonchev–Trinajstić information content (AvgIpc) is 2.39. The van der Waals surface area contributed by atoms with E-state index in [1.165, 1.54) is 0 Å². The Kier molecular flexibility index (Phi) is 6.05. The monoisotopic (exact) mass is 255 g/mol. The number of hydrogen-bond donors (Lipinski definition) is 1. The lowest BCUT2D eigenvalue weighted by atomic mass is 10.1. The van der Waals surface area contributed by atoms with E-state index in [4.69, 9.17) is 5.11 Å². The molecule has 7 nitrogen and oxygen atoms in total. The van der Waals surface area contributed by atoms with Crippen LogP contribution < -0.4 is 0 Å². The maximum Gasteiger partial charge on any atom is 0.344 e. The highest BCUT2D eigenvalue weighted by Crippen LogP contribution is 2.21. The van der Waals surface area contributed by atoms with Gasteiger partial charge in [-0.15, -0.1) is 0 Å². The number of carboxylic acids is 1. The number of ether oxygens (including phenoxy) is 1. The average molecular weight is 255 g/mol. The summed E-state index contributed by atoms with van der Waals surface area (Å²) in [5.41, 5.74) is -1.14. The van der Waals surface area contributed by atoms with Gasteiger partial charge in [-0.25, -0.2) is 9.59 Å². The number of aromatic carboxylic acids is 1. The van der Waals surface area contributed by atoms with Crippen LogP contribution >= 0.6 is 0 Å². The fraction of sp³-hybridized carbons (Fsp3) is 0.273. The molecule has 0 heterocycles. The lowest BCUT2D eigenvalue weighted by Gasteiger charge is -2.01. The largest absolute Gasteiger partial charge is 0.478 e. The Morgan fingerprint density at radius 3 is 2.28 bits per heavy atom. The van der Waals surface area contributed by atoms with E-state index in [-0.39, 0.29) is 11.1 Å². The summed E-state index contributed by atoms with van der Waals surface area (Å²) in [6.07, 6.45) is 0. The molecule has 0 unspecified atom stereocenters. The summed E-state index contributed by atoms with van der Waals surface area (Å²) in [7, 11) is 1.08. The molecule has 0 spiro atoms. The SMILES string of the molecule is CC.COC(=O)c1ccc(C(=O)O)cc1[N+](=O)[O-]. The number of nitro groups is 1. The molecule has 0 saturated heterocycles. The summed E-state index contributed by atoms with van der Waals surface area (Å²) >= 11 is 0. The molecular formula is C11H13NO6. The van der Waals surface area contributed by atoms with E-state index in [9.17, 15) is 19.7 Å². The van der Waals surface area contributed by atoms with E-state index in [1.807, 2.05) is 13.8 Å². The molecule has 0 radical (unpaired) electrons. The second-order valence-corrected chi connectivity index (χ2v) is 2.79. The first-order chi connectivity index (χ1) is 8.47. The second kappa shape index (κ2) is 7.00. The Morgan fingerprint density at radius 1 is 1.33 bits per heavy atom. The van der Waals surface area contributed by atoms with Gasteiger partial charge in [-0.2, -0.15) is 0 Å². The summed E-state index contributed by atoms with van der Waals surface area (Å²) < 4.78 is 4.34. The number of hydrogen-bond acceptors (Lipinski definition) is 5. The van der Waals surface area contributed by atoms with E-state index >= 15 is 0 Å². The smallest absolute Gasteiger partial charge is 0.344 e. The number of carbonyl (C=O) groups excluding carboxylic acids is 1. The van der Waals surface area contributed by atoms with E-state index in [0.29, 0.717) is 0 Å². The minimum atomic E-state index is -1.31. The molecule has 0 aliphatic heterocycles. The first-order valence-electron chi connectivity index (χ1n) is 5.07. The van der Waals surface area contributed by atoms with Gasteiger partial charge in [0.05, 0.1) is 17.6 Å². The molecule has 0 saturated carbocycles. The number of carboxylic acid groups (broad SMARTS) is 1. The maximum atomic E-state index is 11.1. The van der Waals surface area contributed by atoms with Crippen LogP contribution in [0.4, 0.5) is 5.69 Å². The van der Waals surface area contributed by atoms with E-state index < -0.39 is 22.5 Å². The van der Waals surface area contributed by atoms with Gasteiger partial charge in [-0.3, -0.25) is 10.1 Å². The van der Waals surface area contributed by atoms with Crippen LogP contribution in [0.15, 0.2) is 18.2 Å². The van der Waals surface area contributed by atoms with Crippen molar-refractivity contribution in [2.24, 2.45) is 0 Å². The Labute approximate surface area is 103 Å². The lowest BCUT2D eigenvalue weighted by Crippen LogP contribution is -2.07. The fourth-order valence-corrected chi connectivity index (χ4v) is 1.10. The number of rotatable bonds is 3. The van der Waals surface area contributed by atoms with Gasteiger partial charge >= 0.3 is 11.9 Å². The van der Waals surface area contributed by atoms with Crippen LogP contribution in [0.1, 0.15) is 34.6 Å². The summed E-state index contributed by atoms with van der Waals surface area (Å²) in [6.45, 7) is 4.00. The molecule has 18 heavy (non-hydrogen) atoms. The van der Waals surface area contributed by atoms with Crippen molar-refractivity contribution >= 4 is 17.6 Å². The number of benzene rings is 1. The third-order valence-electron chi connectivity index (χ3n) is 1.85. The first-order valence-corrected chi connectivity index (χ1v) is 5.07. The molecule has 7 heteroatoms. The normalized spacial score (nSPS) is 8.83. The van der Waals surface area contributed by atoms with Crippen molar-refractivity contribution in [2.45, 2.75) is 13.8 Å². The second-order valence-electron chi connectivity index (χ2n) is 2.79. The third kappa shape index (κ3) is 3.55. The molecule has 0 fully saturated rings. The van der Waals surface area contributed by atoms with Crippen LogP contribution in [0, 0.1) is 10.1 Å². The number of nitro benzene ring substituents is 1. The molecule has 0 aliphatic carbocycles. The van der Waals surface area contributed by atoms with E-state index in [1.54, 1.807) is 0 Å². The zero-order valence-electron chi connectivity index (χ0n) is 10.2. The van der Waals surface area contributed by atoms with Gasteiger partial charge in [-0.1, -0.05) is 13.8 Å². The van der Waals surface area contributed by atoms with Crippen molar-refractivity contribution in [3.63, 3.8) is 0 Å². The van der Waals surface area contributed by atoms with Crippen molar-refractivity contribution in [3.05, 3.63) is 39.4 Å². The van der Waals surface area contributed by atoms with Crippen LogP contribution in [-0.4, -0.2) is 29.1 Å². The predicted octanol–water partition coefficient (Wildman–Crippen LogP) is 2.11. The molecule has 0 amide bonds. The van der Waals surface area contributed by atoms with Gasteiger partial charge in [0.25, 0.3) is 5.69 Å². The molecule has 0 atom stereocenters. The van der Waals surface area contributed by atoms with E-state index in [0.717, 1.165) is 25.3 Å². The Hall–Kier alpha value is -2.44. The minimum Gasteiger partial charge on any atom is -0.478 e. The molecule has 98 valence electrons. The summed E-state index contributed by atoms with van der Waals surface area (Å²) in [4.78, 5) is 31.5. The molecule has 1 aromatic carbocycles. The summed E-state index contributed by atoms with van der Waals surface area (Å²) in [6, 6.07) is 2.96. The fourth-order valence-electron chi connectivity index (χ4n) is 1.10. The zero-order valence-corrected chi connectivity index (χ0v) is 10.2. The van der Waals surface area contributed by atoms with Crippen molar-refractivity contribution in [2.75, 3.05) is 7.11 Å². The first kappa shape index (κ1) is 15.6. The molecule has 0 bridgehead atoms. The Bertz CT molecular complexity index is 469. The van der Waals surface area contributed by atoms with Crippen LogP contribution in [-0.2, 0) is 4.74 Å². The topological polar surface area (TPSA) is 107 Å². The van der Waals surface area contributed by atoms with Crippen molar-refractivity contribution < 1.29 is 24.4 Å². The van der Waals surface area contributed by atoms with Crippen LogP contribution in [0.3, 0.4) is 0 Å². The molecular weight excluding hydrogens is 242 g/mol. The van der Waals surface area contributed by atoms with Gasteiger partial charge in [0.1, 0.15) is 5.56 Å². The van der Waals surface area contributed by atoms with Crippen molar-refractivity contribution in [1.29, 1.82) is 0 Å². The van der Waals surface area contributed by atoms with Gasteiger partial charge in [-0.05, 0) is 12.1 Å². The Balaban J connectivity index is 0.00000137. The molecule has 1 N–H and O–H groups in total. The molecule has 1 aromatic rings. The van der Waals surface area contributed by atoms with Crippen molar-refractivity contribution in [1.82, 2.24) is 0 Å². The summed E-state index contributed by atoms with van der Waals surface area (Å²) in [5.74, 6) is -2.19. The highest BCUT2D eigenvalue weighted by molar-refractivity contribution is 5.96. The highest BCUT2D eigenvalue weighted by Gasteiger charge is 2.22. The molecule has 0 aromatic heterocycles. The maximum absolute atomic E-state index is 11.1. The van der Waals surface area contributed by atoms with Gasteiger partial charge < -0.3 is 9.84 Å². The summed E-state index contributed by atoms with van der Waals surface area (Å²) in [5, 5.41) is 19.3. The standard InChI is InChI=1S/C9H7NO6.C2H6/c1-16-9(13)6-3-2-5(8(11)12)4-7(6)10(14)15;1-2/h2-4H,1H3,(H,11,12);1-2H3. The lowest BCUT2D eigenvalue weighted by molar-refractivity contribution is -0.385. The van der Waals surface area contributed by atoms with Gasteiger partial charge in [0, 0.05) is 6.07 Å². The number of nitrogens with zero attached hydrogens (tertiary/aromatic N) is 1. The number of methoxy groups -OCH3 is 1. The number of carbonyl (C=O) groups is 2. The minimum absolute atomic E-state index is 0.264. The Morgan fingerprint density at radius 2 is 1.89 bits per heavy atom. The van der Waals surface area contributed by atoms with Crippen molar-refractivity contribution in [3.8, 4) is 0 Å². The van der Waals surface area contributed by atoms with Gasteiger partial charge in [0.2, 0.25) is 0 Å².